The van der Waals surface area contributed by atoms with Crippen molar-refractivity contribution in [3.8, 4) is 11.5 Å². The van der Waals surface area contributed by atoms with Crippen LogP contribution in [0, 0.1) is 6.92 Å². The molecule has 0 fully saturated rings. The second-order valence-corrected chi connectivity index (χ2v) is 4.75. The molecule has 0 aliphatic carbocycles. The number of fused-ring (bicyclic) bond motifs is 1. The van der Waals surface area contributed by atoms with Crippen molar-refractivity contribution in [1.29, 1.82) is 0 Å². The van der Waals surface area contributed by atoms with Crippen LogP contribution in [0.25, 0.3) is 0 Å². The average Bonchev–Trinajstić information content (AvgIpc) is 2.56. The summed E-state index contributed by atoms with van der Waals surface area (Å²) in [6.45, 7) is 6.42. The van der Waals surface area contributed by atoms with Gasteiger partial charge in [0.2, 0.25) is 6.79 Å². The molecule has 0 radical (unpaired) electrons. The summed E-state index contributed by atoms with van der Waals surface area (Å²) in [4.78, 5) is 0. The molecule has 2 rings (SSSR count). The lowest BCUT2D eigenvalue weighted by atomic mass is 9.93. The molecule has 1 aliphatic heterocycles. The van der Waals surface area contributed by atoms with E-state index in [0.717, 1.165) is 23.5 Å². The molecule has 0 aromatic heterocycles. The van der Waals surface area contributed by atoms with E-state index in [1.807, 2.05) is 19.9 Å². The highest BCUT2D eigenvalue weighted by atomic mass is 16.7. The summed E-state index contributed by atoms with van der Waals surface area (Å²) in [6.07, 6.45) is 0.843. The molecule has 0 unspecified atom stereocenters. The Hall–Kier alpha value is -1.22. The van der Waals surface area contributed by atoms with E-state index >= 15 is 0 Å². The molecule has 1 aromatic carbocycles. The number of hydrogen-bond donors (Lipinski definition) is 1. The van der Waals surface area contributed by atoms with Crippen LogP contribution < -0.4 is 15.2 Å². The van der Waals surface area contributed by atoms with Gasteiger partial charge < -0.3 is 15.2 Å². The maximum Gasteiger partial charge on any atom is 0.231 e. The number of ether oxygens (including phenoxy) is 2. The van der Waals surface area contributed by atoms with Gasteiger partial charge in [0, 0.05) is 5.54 Å². The average molecular weight is 207 g/mol. The topological polar surface area (TPSA) is 44.5 Å². The maximum atomic E-state index is 6.01. The molecule has 1 heterocycles. The van der Waals surface area contributed by atoms with E-state index in [-0.39, 0.29) is 5.54 Å². The second kappa shape index (κ2) is 3.42. The van der Waals surface area contributed by atoms with Gasteiger partial charge in [-0.05, 0) is 44.4 Å². The van der Waals surface area contributed by atoms with Gasteiger partial charge in [-0.25, -0.2) is 0 Å². The number of nitrogens with two attached hydrogens (primary N) is 1. The Balaban J connectivity index is 2.34. The molecule has 1 aromatic rings. The lowest BCUT2D eigenvalue weighted by Crippen LogP contribution is -2.34. The largest absolute Gasteiger partial charge is 0.454 e. The third-order valence-electron chi connectivity index (χ3n) is 2.55. The van der Waals surface area contributed by atoms with Crippen LogP contribution >= 0.6 is 0 Å². The zero-order valence-electron chi connectivity index (χ0n) is 9.46. The maximum absolute atomic E-state index is 6.01. The minimum Gasteiger partial charge on any atom is -0.454 e. The molecule has 0 bridgehead atoms. The second-order valence-electron chi connectivity index (χ2n) is 4.75. The van der Waals surface area contributed by atoms with Crippen molar-refractivity contribution in [3.63, 3.8) is 0 Å². The highest BCUT2D eigenvalue weighted by Crippen LogP contribution is 2.37. The van der Waals surface area contributed by atoms with Gasteiger partial charge in [0.15, 0.2) is 11.5 Å². The summed E-state index contributed by atoms with van der Waals surface area (Å²) in [5.74, 6) is 1.71. The number of benzene rings is 1. The Labute approximate surface area is 90.2 Å². The van der Waals surface area contributed by atoms with E-state index in [4.69, 9.17) is 15.2 Å². The van der Waals surface area contributed by atoms with Crippen LogP contribution in [0.1, 0.15) is 25.0 Å². The molecule has 1 aliphatic rings. The minimum atomic E-state index is -0.196. The Kier molecular flexibility index (Phi) is 2.35. The van der Waals surface area contributed by atoms with Crippen molar-refractivity contribution < 1.29 is 9.47 Å². The first kappa shape index (κ1) is 10.3. The number of hydrogen-bond acceptors (Lipinski definition) is 3. The van der Waals surface area contributed by atoms with Crippen LogP contribution in [0.3, 0.4) is 0 Å². The van der Waals surface area contributed by atoms with Gasteiger partial charge in [0.25, 0.3) is 0 Å². The summed E-state index contributed by atoms with van der Waals surface area (Å²) in [5.41, 5.74) is 8.18. The summed E-state index contributed by atoms with van der Waals surface area (Å²) in [6, 6.07) is 4.02. The van der Waals surface area contributed by atoms with Crippen LogP contribution in [-0.2, 0) is 6.42 Å². The van der Waals surface area contributed by atoms with Gasteiger partial charge >= 0.3 is 0 Å². The molecule has 0 amide bonds. The normalized spacial score (nSPS) is 14.4. The third kappa shape index (κ3) is 2.07. The van der Waals surface area contributed by atoms with E-state index in [1.54, 1.807) is 0 Å². The van der Waals surface area contributed by atoms with Crippen molar-refractivity contribution in [2.45, 2.75) is 32.7 Å². The minimum absolute atomic E-state index is 0.196. The molecule has 0 spiro atoms. The van der Waals surface area contributed by atoms with Gasteiger partial charge in [-0.1, -0.05) is 6.07 Å². The van der Waals surface area contributed by atoms with E-state index < -0.39 is 0 Å². The molecule has 82 valence electrons. The molecular weight excluding hydrogens is 190 g/mol. The fraction of sp³-hybridized carbons (Fsp3) is 0.500. The zero-order chi connectivity index (χ0) is 11.1. The van der Waals surface area contributed by atoms with Gasteiger partial charge in [0.1, 0.15) is 0 Å². The van der Waals surface area contributed by atoms with E-state index in [1.165, 1.54) is 5.56 Å². The van der Waals surface area contributed by atoms with Gasteiger partial charge in [-0.3, -0.25) is 0 Å². The standard InChI is InChI=1S/C12H17NO2/c1-8-9(6-12(2,3)13)4-5-10-11(8)15-7-14-10/h4-5H,6-7,13H2,1-3H3. The lowest BCUT2D eigenvalue weighted by Gasteiger charge is -2.20. The van der Waals surface area contributed by atoms with Gasteiger partial charge in [-0.2, -0.15) is 0 Å². The first-order valence-electron chi connectivity index (χ1n) is 5.14. The van der Waals surface area contributed by atoms with Crippen molar-refractivity contribution in [2.24, 2.45) is 5.73 Å². The van der Waals surface area contributed by atoms with Crippen LogP contribution in [0.5, 0.6) is 11.5 Å². The highest BCUT2D eigenvalue weighted by Gasteiger charge is 2.20. The predicted molar refractivity (Wildman–Crippen MR) is 59.3 cm³/mol. The van der Waals surface area contributed by atoms with E-state index in [9.17, 15) is 0 Å². The summed E-state index contributed by atoms with van der Waals surface area (Å²) in [7, 11) is 0. The first-order valence-corrected chi connectivity index (χ1v) is 5.14. The summed E-state index contributed by atoms with van der Waals surface area (Å²) in [5, 5.41) is 0. The third-order valence-corrected chi connectivity index (χ3v) is 2.55. The van der Waals surface area contributed by atoms with Crippen LogP contribution in [0.4, 0.5) is 0 Å². The van der Waals surface area contributed by atoms with E-state index in [0.29, 0.717) is 6.79 Å². The fourth-order valence-electron chi connectivity index (χ4n) is 1.83. The van der Waals surface area contributed by atoms with Crippen molar-refractivity contribution in [2.75, 3.05) is 6.79 Å². The first-order chi connectivity index (χ1) is 6.97. The fourth-order valence-corrected chi connectivity index (χ4v) is 1.83. The molecule has 0 saturated carbocycles. The molecule has 3 nitrogen and oxygen atoms in total. The lowest BCUT2D eigenvalue weighted by molar-refractivity contribution is 0.173. The van der Waals surface area contributed by atoms with E-state index in [2.05, 4.69) is 13.0 Å². The van der Waals surface area contributed by atoms with Crippen molar-refractivity contribution in [3.05, 3.63) is 23.3 Å². The highest BCUT2D eigenvalue weighted by molar-refractivity contribution is 5.51. The summed E-state index contributed by atoms with van der Waals surface area (Å²) >= 11 is 0. The molecule has 0 saturated heterocycles. The van der Waals surface area contributed by atoms with Gasteiger partial charge in [0.05, 0.1) is 0 Å². The zero-order valence-corrected chi connectivity index (χ0v) is 9.46. The van der Waals surface area contributed by atoms with Crippen LogP contribution in [0.15, 0.2) is 12.1 Å². The Morgan fingerprint density at radius 3 is 2.73 bits per heavy atom. The Bertz CT molecular complexity index is 380. The quantitative estimate of drug-likeness (QED) is 0.806. The molecular formula is C12H17NO2. The molecule has 15 heavy (non-hydrogen) atoms. The van der Waals surface area contributed by atoms with Crippen molar-refractivity contribution >= 4 is 0 Å². The monoisotopic (exact) mass is 207 g/mol. The van der Waals surface area contributed by atoms with Crippen LogP contribution in [0.2, 0.25) is 0 Å². The van der Waals surface area contributed by atoms with Crippen LogP contribution in [-0.4, -0.2) is 12.3 Å². The molecule has 2 N–H and O–H groups in total. The SMILES string of the molecule is Cc1c(CC(C)(C)N)ccc2c1OCO2. The Morgan fingerprint density at radius 2 is 2.07 bits per heavy atom. The number of rotatable bonds is 2. The molecule has 0 atom stereocenters. The van der Waals surface area contributed by atoms with Crippen molar-refractivity contribution in [1.82, 2.24) is 0 Å². The smallest absolute Gasteiger partial charge is 0.231 e. The summed E-state index contributed by atoms with van der Waals surface area (Å²) < 4.78 is 10.7. The predicted octanol–water partition coefficient (Wildman–Crippen LogP) is 2.00. The molecule has 3 heteroatoms. The Morgan fingerprint density at radius 1 is 1.33 bits per heavy atom. The van der Waals surface area contributed by atoms with Gasteiger partial charge in [-0.15, -0.1) is 0 Å².